The molecule has 0 amide bonds. The van der Waals surface area contributed by atoms with E-state index in [1.54, 1.807) is 12.5 Å². The number of nitrogen functional groups attached to an aromatic ring is 1. The normalized spacial score (nSPS) is 10.4. The van der Waals surface area contributed by atoms with E-state index in [1.165, 1.54) is 0 Å². The fourth-order valence-corrected chi connectivity index (χ4v) is 1.28. The molecule has 2 heterocycles. The maximum Gasteiger partial charge on any atom is 0.197 e. The molecule has 0 aliphatic rings. The molecule has 0 saturated heterocycles. The summed E-state index contributed by atoms with van der Waals surface area (Å²) in [6, 6.07) is 1.86. The number of anilines is 1. The summed E-state index contributed by atoms with van der Waals surface area (Å²) < 4.78 is 5.93. The molecule has 0 saturated carbocycles. The largest absolute Gasteiger partial charge is 0.461 e. The third-order valence-electron chi connectivity index (χ3n) is 1.84. The summed E-state index contributed by atoms with van der Waals surface area (Å²) in [4.78, 5) is 8.21. The highest BCUT2D eigenvalue weighted by Crippen LogP contribution is 2.23. The summed E-state index contributed by atoms with van der Waals surface area (Å²) in [6.07, 6.45) is 3.21. The molecule has 0 fully saturated rings. The van der Waals surface area contributed by atoms with Crippen LogP contribution >= 0.6 is 15.9 Å². The summed E-state index contributed by atoms with van der Waals surface area (Å²) in [5.41, 5.74) is 6.63. The first kappa shape index (κ1) is 9.21. The Morgan fingerprint density at radius 2 is 2.29 bits per heavy atom. The minimum absolute atomic E-state index is 0.408. The molecule has 5 heteroatoms. The Balaban J connectivity index is 2.53. The number of aryl methyl sites for hydroxylation is 1. The average molecular weight is 254 g/mol. The minimum Gasteiger partial charge on any atom is -0.461 e. The molecule has 2 aromatic rings. The van der Waals surface area contributed by atoms with E-state index >= 15 is 0 Å². The van der Waals surface area contributed by atoms with Crippen molar-refractivity contribution >= 4 is 21.7 Å². The third kappa shape index (κ3) is 1.50. The first-order valence-corrected chi connectivity index (χ1v) is 4.80. The van der Waals surface area contributed by atoms with Gasteiger partial charge in [0, 0.05) is 6.20 Å². The highest BCUT2D eigenvalue weighted by Gasteiger charge is 2.09. The van der Waals surface area contributed by atoms with Crippen molar-refractivity contribution < 1.29 is 4.42 Å². The molecule has 0 aliphatic heterocycles. The van der Waals surface area contributed by atoms with Gasteiger partial charge in [-0.15, -0.1) is 0 Å². The van der Waals surface area contributed by atoms with E-state index < -0.39 is 0 Å². The smallest absolute Gasteiger partial charge is 0.197 e. The Morgan fingerprint density at radius 3 is 2.86 bits per heavy atom. The molecule has 0 spiro atoms. The zero-order valence-electron chi connectivity index (χ0n) is 7.49. The molecular weight excluding hydrogens is 246 g/mol. The van der Waals surface area contributed by atoms with Crippen molar-refractivity contribution in [3.05, 3.63) is 28.6 Å². The van der Waals surface area contributed by atoms with Crippen LogP contribution in [0.1, 0.15) is 5.56 Å². The molecule has 0 radical (unpaired) electrons. The summed E-state index contributed by atoms with van der Waals surface area (Å²) in [7, 11) is 0. The molecule has 14 heavy (non-hydrogen) atoms. The van der Waals surface area contributed by atoms with Crippen LogP contribution in [0, 0.1) is 6.92 Å². The van der Waals surface area contributed by atoms with Gasteiger partial charge in [-0.1, -0.05) is 0 Å². The summed E-state index contributed by atoms with van der Waals surface area (Å²) >= 11 is 3.23. The lowest BCUT2D eigenvalue weighted by Crippen LogP contribution is -1.96. The molecule has 0 unspecified atom stereocenters. The second-order valence-corrected chi connectivity index (χ2v) is 3.71. The van der Waals surface area contributed by atoms with Crippen molar-refractivity contribution in [2.45, 2.75) is 6.92 Å². The van der Waals surface area contributed by atoms with Gasteiger partial charge in [0.15, 0.2) is 11.6 Å². The second-order valence-electron chi connectivity index (χ2n) is 2.86. The topological polar surface area (TPSA) is 64.9 Å². The Labute approximate surface area is 89.3 Å². The zero-order chi connectivity index (χ0) is 10.1. The van der Waals surface area contributed by atoms with E-state index in [-0.39, 0.29) is 0 Å². The highest BCUT2D eigenvalue weighted by atomic mass is 79.9. The van der Waals surface area contributed by atoms with Gasteiger partial charge in [-0.05, 0) is 34.5 Å². The fraction of sp³-hybridized carbons (Fsp3) is 0.111. The quantitative estimate of drug-likeness (QED) is 0.848. The number of halogens is 1. The van der Waals surface area contributed by atoms with Crippen LogP contribution in [0.5, 0.6) is 0 Å². The van der Waals surface area contributed by atoms with Crippen LogP contribution in [0.4, 0.5) is 5.82 Å². The molecular formula is C9H8BrN3O. The van der Waals surface area contributed by atoms with Gasteiger partial charge in [-0.25, -0.2) is 9.97 Å². The maximum atomic E-state index is 5.64. The standard InChI is InChI=1S/C9H8BrN3O/c1-5-2-3-14-7(5)9-12-4-6(10)8(11)13-9/h2-4H,1H3,(H2,11,12,13). The first-order chi connectivity index (χ1) is 6.68. The molecule has 2 N–H and O–H groups in total. The molecule has 72 valence electrons. The van der Waals surface area contributed by atoms with E-state index in [9.17, 15) is 0 Å². The van der Waals surface area contributed by atoms with Crippen molar-refractivity contribution in [2.75, 3.05) is 5.73 Å². The predicted molar refractivity (Wildman–Crippen MR) is 56.6 cm³/mol. The lowest BCUT2D eigenvalue weighted by atomic mass is 10.3. The van der Waals surface area contributed by atoms with Gasteiger partial charge < -0.3 is 10.2 Å². The van der Waals surface area contributed by atoms with E-state index in [2.05, 4.69) is 25.9 Å². The Morgan fingerprint density at radius 1 is 1.50 bits per heavy atom. The lowest BCUT2D eigenvalue weighted by molar-refractivity contribution is 0.575. The number of hydrogen-bond donors (Lipinski definition) is 1. The van der Waals surface area contributed by atoms with Crippen LogP contribution in [-0.4, -0.2) is 9.97 Å². The van der Waals surface area contributed by atoms with Gasteiger partial charge in [-0.2, -0.15) is 0 Å². The number of nitrogens with two attached hydrogens (primary N) is 1. The average Bonchev–Trinajstić information content (AvgIpc) is 2.57. The Hall–Kier alpha value is -1.36. The van der Waals surface area contributed by atoms with Crippen LogP contribution in [0.15, 0.2) is 27.4 Å². The van der Waals surface area contributed by atoms with E-state index in [4.69, 9.17) is 10.2 Å². The van der Waals surface area contributed by atoms with E-state index in [1.807, 2.05) is 13.0 Å². The first-order valence-electron chi connectivity index (χ1n) is 4.01. The highest BCUT2D eigenvalue weighted by molar-refractivity contribution is 9.10. The number of furan rings is 1. The van der Waals surface area contributed by atoms with Crippen LogP contribution < -0.4 is 5.73 Å². The minimum atomic E-state index is 0.408. The molecule has 2 rings (SSSR count). The van der Waals surface area contributed by atoms with Gasteiger partial charge in [0.25, 0.3) is 0 Å². The van der Waals surface area contributed by atoms with Crippen molar-refractivity contribution in [3.63, 3.8) is 0 Å². The van der Waals surface area contributed by atoms with Crippen LogP contribution in [-0.2, 0) is 0 Å². The number of rotatable bonds is 1. The zero-order valence-corrected chi connectivity index (χ0v) is 9.08. The molecule has 0 atom stereocenters. The number of nitrogens with zero attached hydrogens (tertiary/aromatic N) is 2. The van der Waals surface area contributed by atoms with Crippen molar-refractivity contribution in [1.29, 1.82) is 0 Å². The van der Waals surface area contributed by atoms with Crippen LogP contribution in [0.25, 0.3) is 11.6 Å². The lowest BCUT2D eigenvalue weighted by Gasteiger charge is -2.00. The SMILES string of the molecule is Cc1ccoc1-c1ncc(Br)c(N)n1. The summed E-state index contributed by atoms with van der Waals surface area (Å²) in [5.74, 6) is 1.57. The summed E-state index contributed by atoms with van der Waals surface area (Å²) in [6.45, 7) is 1.93. The maximum absolute atomic E-state index is 5.64. The van der Waals surface area contributed by atoms with Crippen LogP contribution in [0.2, 0.25) is 0 Å². The van der Waals surface area contributed by atoms with Gasteiger partial charge in [-0.3, -0.25) is 0 Å². The molecule has 0 aromatic carbocycles. The number of aromatic nitrogens is 2. The molecule has 0 aliphatic carbocycles. The second kappa shape index (κ2) is 3.42. The van der Waals surface area contributed by atoms with Crippen LogP contribution in [0.3, 0.4) is 0 Å². The van der Waals surface area contributed by atoms with Gasteiger partial charge in [0.2, 0.25) is 0 Å². The van der Waals surface area contributed by atoms with Gasteiger partial charge >= 0.3 is 0 Å². The van der Waals surface area contributed by atoms with Gasteiger partial charge in [0.05, 0.1) is 10.7 Å². The van der Waals surface area contributed by atoms with Gasteiger partial charge in [0.1, 0.15) is 5.82 Å². The van der Waals surface area contributed by atoms with E-state index in [0.717, 1.165) is 5.56 Å². The predicted octanol–water partition coefficient (Wildman–Crippen LogP) is 2.39. The van der Waals surface area contributed by atoms with Crippen molar-refractivity contribution in [2.24, 2.45) is 0 Å². The molecule has 4 nitrogen and oxygen atoms in total. The Bertz CT molecular complexity index is 467. The van der Waals surface area contributed by atoms with E-state index in [0.29, 0.717) is 21.9 Å². The van der Waals surface area contributed by atoms with Crippen molar-refractivity contribution in [1.82, 2.24) is 9.97 Å². The Kier molecular flexibility index (Phi) is 2.25. The monoisotopic (exact) mass is 253 g/mol. The fourth-order valence-electron chi connectivity index (χ4n) is 1.09. The third-order valence-corrected chi connectivity index (χ3v) is 2.45. The van der Waals surface area contributed by atoms with Crippen molar-refractivity contribution in [3.8, 4) is 11.6 Å². The number of hydrogen-bond acceptors (Lipinski definition) is 4. The molecule has 2 aromatic heterocycles. The summed E-state index contributed by atoms with van der Waals surface area (Å²) in [5, 5.41) is 0. The molecule has 0 bridgehead atoms.